The van der Waals surface area contributed by atoms with E-state index in [4.69, 9.17) is 18.9 Å². The van der Waals surface area contributed by atoms with Crippen LogP contribution in [0, 0.1) is 40.5 Å². The quantitative estimate of drug-likeness (QED) is 0.134. The van der Waals surface area contributed by atoms with Crippen molar-refractivity contribution in [3.8, 4) is 46.0 Å². The zero-order chi connectivity index (χ0) is 31.7. The van der Waals surface area contributed by atoms with E-state index in [2.05, 4.69) is 0 Å². The summed E-state index contributed by atoms with van der Waals surface area (Å²) in [5.41, 5.74) is -1.82. The van der Waals surface area contributed by atoms with Crippen molar-refractivity contribution in [2.75, 3.05) is 0 Å². The van der Waals surface area contributed by atoms with Crippen molar-refractivity contribution < 1.29 is 38.6 Å². The lowest BCUT2D eigenvalue weighted by atomic mass is 10.1. The van der Waals surface area contributed by atoms with E-state index in [9.17, 15) is 40.5 Å². The molecule has 0 N–H and O–H groups in total. The summed E-state index contributed by atoms with van der Waals surface area (Å²) in [4.78, 5) is 44.3. The van der Waals surface area contributed by atoms with Crippen LogP contribution in [0.1, 0.15) is 25.0 Å². The van der Waals surface area contributed by atoms with Gasteiger partial charge < -0.3 is 18.9 Å². The number of hydrogen-bond acceptors (Lipinski definition) is 12. The maximum Gasteiger partial charge on any atom is 0.318 e. The molecule has 0 radical (unpaired) electrons. The van der Waals surface area contributed by atoms with Gasteiger partial charge in [0.25, 0.3) is 0 Å². The summed E-state index contributed by atoms with van der Waals surface area (Å²) in [6.45, 7) is 3.55. The van der Waals surface area contributed by atoms with Crippen LogP contribution in [0.15, 0.2) is 60.7 Å². The second kappa shape index (κ2) is 11.5. The van der Waals surface area contributed by atoms with E-state index in [1.165, 1.54) is 24.3 Å². The number of rotatable bonds is 6. The first-order chi connectivity index (χ1) is 21.0. The predicted molar refractivity (Wildman–Crippen MR) is 151 cm³/mol. The summed E-state index contributed by atoms with van der Waals surface area (Å²) in [5.74, 6) is -1.54. The Morgan fingerprint density at radius 2 is 0.773 bits per heavy atom. The molecule has 224 valence electrons. The number of benzene rings is 4. The molecular formula is C28H20N4O12. The summed E-state index contributed by atoms with van der Waals surface area (Å²) in [7, 11) is 0. The fourth-order valence-corrected chi connectivity index (χ4v) is 4.44. The van der Waals surface area contributed by atoms with Gasteiger partial charge in [0.1, 0.15) is 35.1 Å². The van der Waals surface area contributed by atoms with Crippen LogP contribution < -0.4 is 18.9 Å². The number of hydrogen-bond donors (Lipinski definition) is 0. The summed E-state index contributed by atoms with van der Waals surface area (Å²) in [6.07, 6.45) is 0.754. The molecule has 0 saturated heterocycles. The van der Waals surface area contributed by atoms with Crippen LogP contribution >= 0.6 is 0 Å². The van der Waals surface area contributed by atoms with Crippen molar-refractivity contribution in [2.45, 2.75) is 26.7 Å². The first-order valence-corrected chi connectivity index (χ1v) is 12.9. The number of fused-ring (bicyclic) bond motifs is 8. The third kappa shape index (κ3) is 5.58. The SMILES string of the molecule is CCc1ccc2cc1Oc1cc(c([N+](=O)[O-])cc1[N+](=O)[O-])Oc1ccc(CC)c(c1)Oc1cc(c([N+](=O)[O-])cc1[N+](=O)[O-])O2. The fourth-order valence-electron chi connectivity index (χ4n) is 4.44. The minimum atomic E-state index is -0.851. The van der Waals surface area contributed by atoms with Gasteiger partial charge in [-0.3, -0.25) is 40.5 Å². The smallest absolute Gasteiger partial charge is 0.318 e. The summed E-state index contributed by atoms with van der Waals surface area (Å²) >= 11 is 0. The molecule has 0 amide bonds. The fraction of sp³-hybridized carbons (Fsp3) is 0.143. The molecule has 0 aromatic heterocycles. The molecule has 4 aromatic carbocycles. The highest BCUT2D eigenvalue weighted by atomic mass is 16.6. The topological polar surface area (TPSA) is 209 Å². The number of ether oxygens (including phenoxy) is 4. The van der Waals surface area contributed by atoms with Crippen LogP contribution in [0.25, 0.3) is 0 Å². The normalized spacial score (nSPS) is 11.7. The van der Waals surface area contributed by atoms with Gasteiger partial charge in [0, 0.05) is 24.3 Å². The molecule has 0 atom stereocenters. The largest absolute Gasteiger partial charge is 0.450 e. The molecule has 0 fully saturated rings. The molecule has 5 rings (SSSR count). The predicted octanol–water partition coefficient (Wildman–Crippen LogP) is 7.93. The van der Waals surface area contributed by atoms with Crippen molar-refractivity contribution in [3.63, 3.8) is 0 Å². The van der Waals surface area contributed by atoms with Crippen molar-refractivity contribution in [1.82, 2.24) is 0 Å². The first kappa shape index (κ1) is 29.2. The number of nitro groups is 4. The van der Waals surface area contributed by atoms with Crippen LogP contribution in [0.4, 0.5) is 22.7 Å². The Labute approximate surface area is 246 Å². The second-order valence-corrected chi connectivity index (χ2v) is 9.26. The summed E-state index contributed by atoms with van der Waals surface area (Å²) < 4.78 is 23.4. The Morgan fingerprint density at radius 1 is 0.455 bits per heavy atom. The first-order valence-electron chi connectivity index (χ1n) is 12.9. The molecule has 44 heavy (non-hydrogen) atoms. The van der Waals surface area contributed by atoms with Gasteiger partial charge in [-0.2, -0.15) is 0 Å². The van der Waals surface area contributed by atoms with Crippen LogP contribution in [0.5, 0.6) is 46.0 Å². The van der Waals surface area contributed by atoms with E-state index < -0.39 is 53.9 Å². The van der Waals surface area contributed by atoms with E-state index in [0.717, 1.165) is 12.1 Å². The number of nitrogens with zero attached hydrogens (tertiary/aromatic N) is 4. The average Bonchev–Trinajstić information content (AvgIpc) is 2.96. The van der Waals surface area contributed by atoms with Gasteiger partial charge in [-0.15, -0.1) is 0 Å². The van der Waals surface area contributed by atoms with Gasteiger partial charge in [-0.1, -0.05) is 26.0 Å². The second-order valence-electron chi connectivity index (χ2n) is 9.26. The van der Waals surface area contributed by atoms with E-state index in [0.29, 0.717) is 36.1 Å². The summed E-state index contributed by atoms with van der Waals surface area (Å²) in [5, 5.41) is 47.7. The standard InChI is InChI=1S/C28H20N4O12/c1-3-15-5-7-17-9-23(15)43-27-13-25(19(29(33)34)11-21(27)31(37)38)42-18-8-6-16(4-2)24(10-18)44-28-14-26(41-17)20(30(35)36)12-22(28)32(39)40/h5-14H,3-4H2,1-2H3. The molecule has 16 nitrogen and oxygen atoms in total. The Bertz CT molecular complexity index is 1740. The minimum absolute atomic E-state index is 0.0236. The van der Waals surface area contributed by atoms with Gasteiger partial charge in [-0.05, 0) is 36.1 Å². The van der Waals surface area contributed by atoms with Crippen LogP contribution in [-0.4, -0.2) is 19.7 Å². The maximum absolute atomic E-state index is 11.9. The molecule has 4 aromatic rings. The average molecular weight is 604 g/mol. The van der Waals surface area contributed by atoms with E-state index in [-0.39, 0.29) is 34.5 Å². The zero-order valence-corrected chi connectivity index (χ0v) is 22.9. The lowest BCUT2D eigenvalue weighted by Crippen LogP contribution is -2.02. The Morgan fingerprint density at radius 3 is 1.07 bits per heavy atom. The van der Waals surface area contributed by atoms with Crippen molar-refractivity contribution in [2.24, 2.45) is 0 Å². The minimum Gasteiger partial charge on any atom is -0.450 e. The molecule has 0 aliphatic carbocycles. The van der Waals surface area contributed by atoms with Gasteiger partial charge in [0.15, 0.2) is 0 Å². The Balaban J connectivity index is 1.82. The highest BCUT2D eigenvalue weighted by Gasteiger charge is 2.31. The molecule has 1 aliphatic heterocycles. The molecule has 0 saturated carbocycles. The van der Waals surface area contributed by atoms with Gasteiger partial charge >= 0.3 is 22.7 Å². The van der Waals surface area contributed by atoms with Crippen LogP contribution in [-0.2, 0) is 12.8 Å². The van der Waals surface area contributed by atoms with Crippen molar-refractivity contribution in [1.29, 1.82) is 0 Å². The third-order valence-corrected chi connectivity index (χ3v) is 6.60. The molecular weight excluding hydrogens is 584 g/mol. The molecule has 16 heteroatoms. The van der Waals surface area contributed by atoms with Crippen LogP contribution in [0.2, 0.25) is 0 Å². The third-order valence-electron chi connectivity index (χ3n) is 6.60. The number of nitro benzene ring substituents is 4. The van der Waals surface area contributed by atoms with E-state index >= 15 is 0 Å². The highest BCUT2D eigenvalue weighted by Crippen LogP contribution is 2.47. The van der Waals surface area contributed by atoms with Gasteiger partial charge in [0.05, 0.1) is 19.7 Å². The molecule has 8 bridgehead atoms. The van der Waals surface area contributed by atoms with Crippen LogP contribution in [0.3, 0.4) is 0 Å². The lowest BCUT2D eigenvalue weighted by Gasteiger charge is -2.16. The monoisotopic (exact) mass is 604 g/mol. The maximum atomic E-state index is 11.9. The molecule has 0 spiro atoms. The Kier molecular flexibility index (Phi) is 7.64. The zero-order valence-electron chi connectivity index (χ0n) is 22.9. The van der Waals surface area contributed by atoms with Gasteiger partial charge in [0.2, 0.25) is 23.0 Å². The highest BCUT2D eigenvalue weighted by molar-refractivity contribution is 5.66. The van der Waals surface area contributed by atoms with Gasteiger partial charge in [-0.25, -0.2) is 0 Å². The number of aryl methyl sites for hydroxylation is 2. The molecule has 1 aliphatic rings. The van der Waals surface area contributed by atoms with E-state index in [1.807, 2.05) is 0 Å². The van der Waals surface area contributed by atoms with Crippen molar-refractivity contribution in [3.05, 3.63) is 112 Å². The molecule has 1 heterocycles. The van der Waals surface area contributed by atoms with E-state index in [1.54, 1.807) is 26.0 Å². The Hall–Kier alpha value is -6.32. The molecule has 0 unspecified atom stereocenters. The lowest BCUT2D eigenvalue weighted by molar-refractivity contribution is -0.395. The van der Waals surface area contributed by atoms with Crippen molar-refractivity contribution >= 4 is 22.7 Å². The summed E-state index contributed by atoms with van der Waals surface area (Å²) in [6, 6.07) is 12.0.